The van der Waals surface area contributed by atoms with Crippen LogP contribution >= 0.6 is 11.3 Å². The number of methoxy groups -OCH3 is 1. The summed E-state index contributed by atoms with van der Waals surface area (Å²) in [5, 5.41) is 17.8. The van der Waals surface area contributed by atoms with Gasteiger partial charge in [-0.2, -0.15) is 0 Å². The minimum absolute atomic E-state index is 0.0426. The van der Waals surface area contributed by atoms with Crippen LogP contribution in [0.5, 0.6) is 11.5 Å². The molecule has 0 aliphatic carbocycles. The number of anilines is 1. The normalized spacial score (nSPS) is 20.0. The Labute approximate surface area is 179 Å². The number of amides is 1. The molecular weight excluding hydrogens is 398 g/mol. The monoisotopic (exact) mass is 422 g/mol. The van der Waals surface area contributed by atoms with E-state index in [4.69, 9.17) is 4.74 Å². The van der Waals surface area contributed by atoms with Crippen molar-refractivity contribution in [2.75, 3.05) is 19.0 Å². The molecule has 3 aromatic rings. The average molecular weight is 423 g/mol. The Bertz CT molecular complexity index is 1100. The minimum atomic E-state index is -0.493. The molecule has 0 saturated heterocycles. The molecule has 2 atom stereocenters. The number of aromatic hydroxyl groups is 1. The standard InChI is InChI=1S/C23H23N3O3S/c1-29-17-9-5-8-16(20(17)27)21-24-22(28)19-15-10-11-26(12-14-6-3-2-4-7-14)13-18(15)30-23(19)25-21/h2-9,21,25,27H,10-13H2,1H3,(H,24,28)/p+1/t21-/m0/s1. The van der Waals surface area contributed by atoms with Gasteiger partial charge in [-0.3, -0.25) is 4.79 Å². The second kappa shape index (κ2) is 7.66. The van der Waals surface area contributed by atoms with E-state index in [9.17, 15) is 9.90 Å². The SMILES string of the molecule is COc1cccc([C@H]2NC(=O)c3c(sc4c3CC[NH+](Cc3ccccc3)C4)N2)c1O. The van der Waals surface area contributed by atoms with Crippen LogP contribution in [-0.2, 0) is 19.5 Å². The minimum Gasteiger partial charge on any atom is -0.504 e. The van der Waals surface area contributed by atoms with Crippen LogP contribution in [0.4, 0.5) is 5.00 Å². The number of thiophene rings is 1. The van der Waals surface area contributed by atoms with Gasteiger partial charge in [0.2, 0.25) is 0 Å². The summed E-state index contributed by atoms with van der Waals surface area (Å²) in [7, 11) is 1.51. The lowest BCUT2D eigenvalue weighted by molar-refractivity contribution is -0.929. The summed E-state index contributed by atoms with van der Waals surface area (Å²) in [4.78, 5) is 15.8. The predicted octanol–water partition coefficient (Wildman–Crippen LogP) is 2.46. The van der Waals surface area contributed by atoms with Crippen LogP contribution in [0, 0.1) is 0 Å². The summed E-state index contributed by atoms with van der Waals surface area (Å²) < 4.78 is 5.21. The zero-order valence-corrected chi connectivity index (χ0v) is 17.5. The van der Waals surface area contributed by atoms with Crippen LogP contribution in [0.2, 0.25) is 0 Å². The number of carbonyl (C=O) groups is 1. The number of rotatable bonds is 4. The van der Waals surface area contributed by atoms with Crippen molar-refractivity contribution in [3.05, 3.63) is 75.7 Å². The smallest absolute Gasteiger partial charge is 0.256 e. The molecule has 7 heteroatoms. The van der Waals surface area contributed by atoms with Gasteiger partial charge >= 0.3 is 0 Å². The van der Waals surface area contributed by atoms with Gasteiger partial charge < -0.3 is 25.4 Å². The molecule has 2 aromatic carbocycles. The molecule has 154 valence electrons. The van der Waals surface area contributed by atoms with E-state index in [1.54, 1.807) is 23.5 Å². The number of fused-ring (bicyclic) bond motifs is 3. The molecular formula is C23H24N3O3S+. The van der Waals surface area contributed by atoms with Crippen LogP contribution in [0.1, 0.15) is 38.1 Å². The van der Waals surface area contributed by atoms with Crippen molar-refractivity contribution in [1.29, 1.82) is 0 Å². The van der Waals surface area contributed by atoms with Gasteiger partial charge in [0, 0.05) is 17.5 Å². The van der Waals surface area contributed by atoms with Gasteiger partial charge in [-0.05, 0) is 11.6 Å². The molecule has 5 rings (SSSR count). The van der Waals surface area contributed by atoms with Gasteiger partial charge in [0.15, 0.2) is 11.5 Å². The summed E-state index contributed by atoms with van der Waals surface area (Å²) >= 11 is 1.66. The van der Waals surface area contributed by atoms with Gasteiger partial charge in [-0.15, -0.1) is 11.3 Å². The molecule has 2 aliphatic heterocycles. The highest BCUT2D eigenvalue weighted by atomic mass is 32.1. The van der Waals surface area contributed by atoms with E-state index in [0.717, 1.165) is 36.6 Å². The molecule has 30 heavy (non-hydrogen) atoms. The van der Waals surface area contributed by atoms with Gasteiger partial charge in [0.05, 0.1) is 24.1 Å². The number of carbonyl (C=O) groups excluding carboxylic acids is 1. The Morgan fingerprint density at radius 3 is 2.80 bits per heavy atom. The maximum absolute atomic E-state index is 13.0. The Balaban J connectivity index is 1.40. The summed E-state index contributed by atoms with van der Waals surface area (Å²) in [6.07, 6.45) is 0.404. The second-order valence-electron chi connectivity index (χ2n) is 7.75. The molecule has 0 fully saturated rings. The maximum atomic E-state index is 13.0. The molecule has 1 amide bonds. The lowest BCUT2D eigenvalue weighted by atomic mass is 9.99. The molecule has 0 saturated carbocycles. The Morgan fingerprint density at radius 2 is 2.00 bits per heavy atom. The third-order valence-corrected chi connectivity index (χ3v) is 7.03. The van der Waals surface area contributed by atoms with E-state index < -0.39 is 6.17 Å². The largest absolute Gasteiger partial charge is 0.504 e. The zero-order valence-electron chi connectivity index (χ0n) is 16.7. The molecule has 0 spiro atoms. The first-order valence-corrected chi connectivity index (χ1v) is 10.9. The van der Waals surface area contributed by atoms with Crippen molar-refractivity contribution in [2.24, 2.45) is 0 Å². The Morgan fingerprint density at radius 1 is 1.17 bits per heavy atom. The van der Waals surface area contributed by atoms with Crippen molar-refractivity contribution in [3.63, 3.8) is 0 Å². The fourth-order valence-corrected chi connectivity index (χ4v) is 5.72. The molecule has 3 heterocycles. The van der Waals surface area contributed by atoms with Gasteiger partial charge in [-0.1, -0.05) is 42.5 Å². The topological polar surface area (TPSA) is 75.0 Å². The van der Waals surface area contributed by atoms with Crippen molar-refractivity contribution in [3.8, 4) is 11.5 Å². The molecule has 4 N–H and O–H groups in total. The Kier molecular flexibility index (Phi) is 4.84. The number of hydrogen-bond donors (Lipinski definition) is 4. The highest BCUT2D eigenvalue weighted by Crippen LogP contribution is 2.41. The van der Waals surface area contributed by atoms with Crippen LogP contribution in [-0.4, -0.2) is 24.7 Å². The quantitative estimate of drug-likeness (QED) is 0.521. The number of hydrogen-bond acceptors (Lipinski definition) is 5. The molecule has 0 radical (unpaired) electrons. The van der Waals surface area contributed by atoms with E-state index in [2.05, 4.69) is 34.9 Å². The molecule has 1 unspecified atom stereocenters. The first kappa shape index (κ1) is 19.0. The number of phenols is 1. The number of benzene rings is 2. The van der Waals surface area contributed by atoms with Gasteiger partial charge in [-0.25, -0.2) is 0 Å². The zero-order chi connectivity index (χ0) is 20.7. The number of phenolic OH excluding ortho intramolecular Hbond substituents is 1. The van der Waals surface area contributed by atoms with Crippen molar-refractivity contribution in [1.82, 2.24) is 5.32 Å². The Hall–Kier alpha value is -3.03. The molecule has 2 aliphatic rings. The number of ether oxygens (including phenoxy) is 1. The van der Waals surface area contributed by atoms with Crippen molar-refractivity contribution < 1.29 is 19.5 Å². The third-order valence-electron chi connectivity index (χ3n) is 5.87. The maximum Gasteiger partial charge on any atom is 0.256 e. The number of para-hydroxylation sites is 1. The summed E-state index contributed by atoms with van der Waals surface area (Å²) in [6.45, 7) is 2.92. The summed E-state index contributed by atoms with van der Waals surface area (Å²) in [6, 6.07) is 15.8. The lowest BCUT2D eigenvalue weighted by Gasteiger charge is -2.28. The fraction of sp³-hybridized carbons (Fsp3) is 0.261. The van der Waals surface area contributed by atoms with Crippen LogP contribution in [0.3, 0.4) is 0 Å². The van der Waals surface area contributed by atoms with Crippen LogP contribution in [0.25, 0.3) is 0 Å². The predicted molar refractivity (Wildman–Crippen MR) is 116 cm³/mol. The van der Waals surface area contributed by atoms with E-state index in [-0.39, 0.29) is 11.7 Å². The molecule has 1 aromatic heterocycles. The van der Waals surface area contributed by atoms with Crippen LogP contribution in [0.15, 0.2) is 48.5 Å². The highest BCUT2D eigenvalue weighted by molar-refractivity contribution is 7.16. The lowest BCUT2D eigenvalue weighted by Crippen LogP contribution is -3.10. The highest BCUT2D eigenvalue weighted by Gasteiger charge is 2.35. The van der Waals surface area contributed by atoms with E-state index >= 15 is 0 Å². The molecule has 0 bridgehead atoms. The van der Waals surface area contributed by atoms with Crippen molar-refractivity contribution >= 4 is 22.2 Å². The number of nitrogens with one attached hydrogen (secondary N) is 3. The molecule has 6 nitrogen and oxygen atoms in total. The van der Waals surface area contributed by atoms with Crippen molar-refractivity contribution in [2.45, 2.75) is 25.7 Å². The van der Waals surface area contributed by atoms with Crippen LogP contribution < -0.4 is 20.3 Å². The first-order chi connectivity index (χ1) is 14.6. The van der Waals surface area contributed by atoms with E-state index in [1.807, 2.05) is 12.1 Å². The van der Waals surface area contributed by atoms with Gasteiger partial charge in [0.25, 0.3) is 5.91 Å². The third kappa shape index (κ3) is 3.30. The number of quaternary nitrogens is 1. The average Bonchev–Trinajstić information content (AvgIpc) is 3.12. The van der Waals surface area contributed by atoms with E-state index in [1.165, 1.54) is 28.0 Å². The fourth-order valence-electron chi connectivity index (χ4n) is 4.38. The van der Waals surface area contributed by atoms with Gasteiger partial charge in [0.1, 0.15) is 24.3 Å². The summed E-state index contributed by atoms with van der Waals surface area (Å²) in [5.41, 5.74) is 3.87. The summed E-state index contributed by atoms with van der Waals surface area (Å²) in [5.74, 6) is 0.348. The first-order valence-electron chi connectivity index (χ1n) is 10.1. The second-order valence-corrected chi connectivity index (χ2v) is 8.85. The van der Waals surface area contributed by atoms with E-state index in [0.29, 0.717) is 11.3 Å².